The van der Waals surface area contributed by atoms with Gasteiger partial charge in [-0.05, 0) is 37.8 Å². The third-order valence-electron chi connectivity index (χ3n) is 4.80. The second-order valence-electron chi connectivity index (χ2n) is 6.80. The van der Waals surface area contributed by atoms with E-state index in [0.29, 0.717) is 11.9 Å². The number of hydrogen-bond donors (Lipinski definition) is 1. The van der Waals surface area contributed by atoms with E-state index in [2.05, 4.69) is 39.1 Å². The summed E-state index contributed by atoms with van der Waals surface area (Å²) >= 11 is 0. The van der Waals surface area contributed by atoms with Gasteiger partial charge >= 0.3 is 0 Å². The number of aryl methyl sites for hydroxylation is 2. The molecule has 6 nitrogen and oxygen atoms in total. The Morgan fingerprint density at radius 3 is 2.15 bits per heavy atom. The van der Waals surface area contributed by atoms with Gasteiger partial charge in [-0.3, -0.25) is 0 Å². The van der Waals surface area contributed by atoms with Crippen LogP contribution in [-0.2, 0) is 12.8 Å². The molecule has 2 aromatic rings. The Bertz CT molecular complexity index is 756. The molecule has 0 atom stereocenters. The molecule has 0 aromatic carbocycles. The van der Waals surface area contributed by atoms with E-state index in [1.165, 1.54) is 0 Å². The first-order valence-electron chi connectivity index (χ1n) is 9.87. The fraction of sp³-hybridized carbons (Fsp3) is 0.571. The number of ether oxygens (including phenoxy) is 1. The zero-order valence-electron chi connectivity index (χ0n) is 17.8. The topological polar surface area (TPSA) is 63.2 Å². The van der Waals surface area contributed by atoms with Gasteiger partial charge in [-0.1, -0.05) is 27.7 Å². The zero-order chi connectivity index (χ0) is 20.0. The van der Waals surface area contributed by atoms with E-state index in [4.69, 9.17) is 19.7 Å². The largest absolute Gasteiger partial charge is 0.479 e. The lowest BCUT2D eigenvalue weighted by Gasteiger charge is -2.20. The molecule has 0 unspecified atom stereocenters. The number of anilines is 2. The van der Waals surface area contributed by atoms with Crippen molar-refractivity contribution in [3.63, 3.8) is 0 Å². The normalized spacial score (nSPS) is 11.0. The minimum Gasteiger partial charge on any atom is -0.479 e. The lowest BCUT2D eigenvalue weighted by atomic mass is 10.1. The van der Waals surface area contributed by atoms with Crippen LogP contribution in [0.25, 0.3) is 11.3 Å². The number of hydrogen-bond acceptors (Lipinski definition) is 6. The van der Waals surface area contributed by atoms with Crippen LogP contribution in [0.5, 0.6) is 5.88 Å². The molecule has 27 heavy (non-hydrogen) atoms. The standard InChI is InChI=1S/C21H33N5O/c1-8-14(9-2)22-20-17(11-4)24-19(21(25-20)27-7)15-12-13-18(26(5)6)23-16(15)10-3/h12-14H,8-11H2,1-7H3,(H,22,25). The first kappa shape index (κ1) is 20.9. The Morgan fingerprint density at radius 1 is 0.963 bits per heavy atom. The third kappa shape index (κ3) is 4.67. The lowest BCUT2D eigenvalue weighted by molar-refractivity contribution is 0.397. The molecule has 0 aliphatic carbocycles. The van der Waals surface area contributed by atoms with Crippen LogP contribution in [0.15, 0.2) is 12.1 Å². The maximum absolute atomic E-state index is 5.61. The highest BCUT2D eigenvalue weighted by atomic mass is 16.5. The number of rotatable bonds is 9. The summed E-state index contributed by atoms with van der Waals surface area (Å²) in [4.78, 5) is 16.5. The Morgan fingerprint density at radius 2 is 1.63 bits per heavy atom. The summed E-state index contributed by atoms with van der Waals surface area (Å²) in [5.74, 6) is 2.29. The summed E-state index contributed by atoms with van der Waals surface area (Å²) in [6, 6.07) is 4.46. The fourth-order valence-corrected chi connectivity index (χ4v) is 3.04. The molecule has 0 radical (unpaired) electrons. The van der Waals surface area contributed by atoms with Crippen molar-refractivity contribution in [3.8, 4) is 17.1 Å². The Kier molecular flexibility index (Phi) is 7.39. The fourth-order valence-electron chi connectivity index (χ4n) is 3.04. The third-order valence-corrected chi connectivity index (χ3v) is 4.80. The summed E-state index contributed by atoms with van der Waals surface area (Å²) in [5.41, 5.74) is 3.70. The highest BCUT2D eigenvalue weighted by Crippen LogP contribution is 2.32. The average Bonchev–Trinajstić information content (AvgIpc) is 2.70. The van der Waals surface area contributed by atoms with E-state index in [9.17, 15) is 0 Å². The second-order valence-corrected chi connectivity index (χ2v) is 6.80. The van der Waals surface area contributed by atoms with Crippen molar-refractivity contribution in [3.05, 3.63) is 23.5 Å². The van der Waals surface area contributed by atoms with E-state index < -0.39 is 0 Å². The van der Waals surface area contributed by atoms with Gasteiger partial charge in [0.15, 0.2) is 5.82 Å². The first-order valence-corrected chi connectivity index (χ1v) is 9.87. The van der Waals surface area contributed by atoms with E-state index in [0.717, 1.165) is 60.0 Å². The highest BCUT2D eigenvalue weighted by molar-refractivity contribution is 5.70. The SMILES string of the molecule is CCc1nc(N(C)C)ccc1-c1nc(CC)c(NC(CC)CC)nc1OC. The number of aromatic nitrogens is 3. The molecule has 0 amide bonds. The summed E-state index contributed by atoms with van der Waals surface area (Å²) in [5, 5.41) is 3.53. The molecular formula is C21H33N5O. The van der Waals surface area contributed by atoms with Crippen molar-refractivity contribution < 1.29 is 4.74 Å². The summed E-state index contributed by atoms with van der Waals surface area (Å²) < 4.78 is 5.61. The number of methoxy groups -OCH3 is 1. The van der Waals surface area contributed by atoms with Gasteiger partial charge in [-0.2, -0.15) is 4.98 Å². The monoisotopic (exact) mass is 371 g/mol. The Balaban J connectivity index is 2.57. The van der Waals surface area contributed by atoms with Crippen LogP contribution in [-0.4, -0.2) is 42.2 Å². The van der Waals surface area contributed by atoms with Crippen LogP contribution >= 0.6 is 0 Å². The van der Waals surface area contributed by atoms with Gasteiger partial charge in [0, 0.05) is 25.7 Å². The van der Waals surface area contributed by atoms with Crippen LogP contribution in [0, 0.1) is 0 Å². The van der Waals surface area contributed by atoms with Crippen molar-refractivity contribution in [2.24, 2.45) is 0 Å². The molecule has 1 N–H and O–H groups in total. The van der Waals surface area contributed by atoms with Crippen molar-refractivity contribution in [1.29, 1.82) is 0 Å². The molecule has 6 heteroatoms. The minimum absolute atomic E-state index is 0.382. The molecule has 0 saturated heterocycles. The van der Waals surface area contributed by atoms with Gasteiger partial charge in [-0.15, -0.1) is 0 Å². The molecule has 2 rings (SSSR count). The molecule has 148 valence electrons. The minimum atomic E-state index is 0.382. The van der Waals surface area contributed by atoms with Gasteiger partial charge < -0.3 is 15.0 Å². The number of nitrogens with one attached hydrogen (secondary N) is 1. The number of nitrogens with zero attached hydrogens (tertiary/aromatic N) is 4. The molecule has 0 spiro atoms. The molecule has 2 heterocycles. The van der Waals surface area contributed by atoms with Gasteiger partial charge in [0.1, 0.15) is 11.5 Å². The van der Waals surface area contributed by atoms with Crippen LogP contribution in [0.4, 0.5) is 11.6 Å². The van der Waals surface area contributed by atoms with E-state index in [-0.39, 0.29) is 0 Å². The maximum Gasteiger partial charge on any atom is 0.242 e. The highest BCUT2D eigenvalue weighted by Gasteiger charge is 2.19. The summed E-state index contributed by atoms with van der Waals surface area (Å²) in [7, 11) is 5.64. The smallest absolute Gasteiger partial charge is 0.242 e. The number of pyridine rings is 1. The van der Waals surface area contributed by atoms with E-state index >= 15 is 0 Å². The average molecular weight is 372 g/mol. The van der Waals surface area contributed by atoms with Gasteiger partial charge in [-0.25, -0.2) is 9.97 Å². The van der Waals surface area contributed by atoms with Gasteiger partial charge in [0.05, 0.1) is 18.5 Å². The van der Waals surface area contributed by atoms with Crippen LogP contribution in [0.1, 0.15) is 51.9 Å². The molecule has 0 bridgehead atoms. The maximum atomic E-state index is 5.61. The van der Waals surface area contributed by atoms with Gasteiger partial charge in [0.2, 0.25) is 5.88 Å². The van der Waals surface area contributed by atoms with Crippen molar-refractivity contribution >= 4 is 11.6 Å². The van der Waals surface area contributed by atoms with E-state index in [1.807, 2.05) is 25.1 Å². The van der Waals surface area contributed by atoms with Crippen molar-refractivity contribution in [2.75, 3.05) is 31.4 Å². The van der Waals surface area contributed by atoms with Crippen LogP contribution in [0.2, 0.25) is 0 Å². The lowest BCUT2D eigenvalue weighted by Crippen LogP contribution is -2.20. The second kappa shape index (κ2) is 9.53. The van der Waals surface area contributed by atoms with Crippen LogP contribution in [0.3, 0.4) is 0 Å². The predicted octanol–water partition coefficient (Wildman–Crippen LogP) is 4.34. The molecule has 0 saturated carbocycles. The molecule has 0 fully saturated rings. The molecule has 2 aromatic heterocycles. The Hall–Kier alpha value is -2.37. The summed E-state index contributed by atoms with van der Waals surface area (Å²) in [6.07, 6.45) is 3.71. The van der Waals surface area contributed by atoms with Crippen molar-refractivity contribution in [2.45, 2.75) is 59.4 Å². The molecular weight excluding hydrogens is 338 g/mol. The first-order chi connectivity index (χ1) is 13.0. The zero-order valence-corrected chi connectivity index (χ0v) is 17.8. The predicted molar refractivity (Wildman–Crippen MR) is 113 cm³/mol. The van der Waals surface area contributed by atoms with Crippen molar-refractivity contribution in [1.82, 2.24) is 15.0 Å². The van der Waals surface area contributed by atoms with Gasteiger partial charge in [0.25, 0.3) is 0 Å². The molecule has 0 aliphatic rings. The Labute approximate surface area is 163 Å². The molecule has 0 aliphatic heterocycles. The summed E-state index contributed by atoms with van der Waals surface area (Å²) in [6.45, 7) is 8.57. The van der Waals surface area contributed by atoms with Crippen LogP contribution < -0.4 is 15.0 Å². The quantitative estimate of drug-likeness (QED) is 0.707. The van der Waals surface area contributed by atoms with E-state index in [1.54, 1.807) is 7.11 Å².